The Hall–Kier alpha value is -3.13. The molecule has 1 amide bonds. The second kappa shape index (κ2) is 29.0. The molecule has 0 aliphatic carbocycles. The second-order valence-corrected chi connectivity index (χ2v) is 34.3. The molecule has 0 saturated carbocycles. The molecule has 5 N–H and O–H groups in total. The van der Waals surface area contributed by atoms with Gasteiger partial charge in [0.25, 0.3) is 0 Å². The predicted molar refractivity (Wildman–Crippen MR) is 342 cm³/mol. The van der Waals surface area contributed by atoms with Gasteiger partial charge in [0.2, 0.25) is 0 Å². The van der Waals surface area contributed by atoms with Gasteiger partial charge in [0, 0.05) is 25.5 Å². The van der Waals surface area contributed by atoms with Gasteiger partial charge in [0.05, 0.1) is 41.5 Å². The average Bonchev–Trinajstić information content (AvgIpc) is 1.13. The number of carbonyl (C=O) groups excluding carboxylic acids is 2. The molecule has 0 radical (unpaired) electrons. The first kappa shape index (κ1) is 71.9. The summed E-state index contributed by atoms with van der Waals surface area (Å²) in [6, 6.07) is 12.3. The molecule has 488 valence electrons. The normalized spacial score (nSPS) is 35.2. The SMILES string of the molecule is CC[C@H]1OC(=O)[C@H](C)[C@@H](O[C@H]2C[C@@](C)(OC)[C@@H](O)[C@H](C)O2)[C@H](C)[C@@H](O[C@@H]2O[C@H](C)C[C@H](N(C)C)[C@H]2O)[C@](C)(O)C[C@@H](C)CN(C(=O)CCCCCCCP(Cl)(c2cc(C)cc(C)c2)(c2cc(C)cc(C)c2)c2cnn(C(C)C)c2)[C@H](C)[C@@H](O)[C@]1(C)O. The van der Waals surface area contributed by atoms with Gasteiger partial charge in [-0.1, -0.05) is 13.8 Å². The number of unbranched alkanes of at least 4 members (excludes halogenated alkanes) is 4. The third-order valence-corrected chi connectivity index (χ3v) is 26.7. The van der Waals surface area contributed by atoms with Crippen LogP contribution in [0.5, 0.6) is 0 Å². The number of aliphatic hydroxyl groups excluding tert-OH is 3. The van der Waals surface area contributed by atoms with Crippen LogP contribution in [0.3, 0.4) is 0 Å². The standard InChI is InChI=1S/C67H110ClN4O13P/c1-20-55-67(16,79)60(75)49(12)71(56(73)26-24-22-21-23-25-27-86(68,51-30-41(4)28-42(5)31-51,52-32-43(6)29-44(7)33-52)53-37-69-72(39-53)40(2)3)38-45(8)35-65(14,78)62(85-64-58(74)54(70(17)18)34-46(9)81-64)47(10)59(48(11)63(77)83-55)84-57-36-66(15,80-19)61(76)50(13)82-57/h28-33,37,39-40,45-50,54-55,57-62,64,74-76,78-79H,20-27,34-36,38H2,1-19H3/t45-,46-,47+,48-,49-,50+,54+,55-,57+,58-,59+,60-,61+,62-,64+,65-,66-,67-/m1/s1. The molecule has 3 aromatic rings. The fourth-order valence-corrected chi connectivity index (χ4v) is 20.6. The van der Waals surface area contributed by atoms with E-state index in [0.717, 1.165) is 70.0 Å². The number of likely N-dealkylation sites (N-methyl/N-ethyl adjacent to an activating group) is 1. The molecule has 3 fully saturated rings. The molecule has 3 saturated heterocycles. The van der Waals surface area contributed by atoms with E-state index >= 15 is 0 Å². The van der Waals surface area contributed by atoms with E-state index in [1.807, 2.05) is 43.7 Å². The molecule has 18 atom stereocenters. The van der Waals surface area contributed by atoms with Crippen LogP contribution in [0.4, 0.5) is 0 Å². The molecule has 4 heterocycles. The molecule has 0 spiro atoms. The van der Waals surface area contributed by atoms with Crippen molar-refractivity contribution in [1.29, 1.82) is 0 Å². The van der Waals surface area contributed by atoms with Crippen molar-refractivity contribution in [1.82, 2.24) is 19.6 Å². The van der Waals surface area contributed by atoms with Crippen molar-refractivity contribution in [2.75, 3.05) is 33.9 Å². The summed E-state index contributed by atoms with van der Waals surface area (Å²) in [6.45, 7) is 30.1. The van der Waals surface area contributed by atoms with E-state index in [-0.39, 0.29) is 56.3 Å². The van der Waals surface area contributed by atoms with Gasteiger partial charge in [-0.2, -0.15) is 0 Å². The van der Waals surface area contributed by atoms with Gasteiger partial charge in [0.15, 0.2) is 12.6 Å². The molecule has 3 aliphatic heterocycles. The minimum absolute atomic E-state index is 0.0443. The third-order valence-electron chi connectivity index (χ3n) is 19.3. The van der Waals surface area contributed by atoms with Crippen molar-refractivity contribution < 1.29 is 63.5 Å². The number of hydrogen-bond acceptors (Lipinski definition) is 15. The maximum absolute atomic E-state index is 14.9. The van der Waals surface area contributed by atoms with Gasteiger partial charge < -0.3 is 53.7 Å². The number of amides is 1. The summed E-state index contributed by atoms with van der Waals surface area (Å²) in [5, 5.41) is 69.2. The van der Waals surface area contributed by atoms with Gasteiger partial charge in [-0.15, -0.1) is 0 Å². The van der Waals surface area contributed by atoms with Crippen LogP contribution < -0.4 is 15.9 Å². The smallest absolute Gasteiger partial charge is 0.383 e. The summed E-state index contributed by atoms with van der Waals surface area (Å²) in [5.74, 6) is -7.08. The van der Waals surface area contributed by atoms with Crippen LogP contribution in [0.25, 0.3) is 0 Å². The van der Waals surface area contributed by atoms with Crippen LogP contribution in [0.15, 0.2) is 48.8 Å². The summed E-state index contributed by atoms with van der Waals surface area (Å²) in [6.07, 6.45) is -0.919. The van der Waals surface area contributed by atoms with Gasteiger partial charge in [-0.25, -0.2) is 0 Å². The first-order valence-electron chi connectivity index (χ1n) is 31.8. The van der Waals surface area contributed by atoms with Gasteiger partial charge >= 0.3 is 283 Å². The van der Waals surface area contributed by atoms with E-state index in [1.165, 1.54) is 14.0 Å². The van der Waals surface area contributed by atoms with Crippen molar-refractivity contribution in [3.05, 3.63) is 71.0 Å². The molecule has 2 aromatic carbocycles. The number of esters is 1. The molecule has 0 bridgehead atoms. The van der Waals surface area contributed by atoms with Crippen molar-refractivity contribution in [3.8, 4) is 0 Å². The molecule has 3 aliphatic rings. The van der Waals surface area contributed by atoms with E-state index in [0.29, 0.717) is 12.8 Å². The minimum Gasteiger partial charge on any atom is -0.383 e. The Labute approximate surface area is 519 Å². The van der Waals surface area contributed by atoms with Crippen LogP contribution in [0.1, 0.15) is 176 Å². The molecule has 1 aromatic heterocycles. The Kier molecular flexibility index (Phi) is 24.3. The van der Waals surface area contributed by atoms with Crippen molar-refractivity contribution in [3.63, 3.8) is 0 Å². The van der Waals surface area contributed by atoms with Crippen LogP contribution in [0.2, 0.25) is 0 Å². The Morgan fingerprint density at radius 1 is 0.826 bits per heavy atom. The quantitative estimate of drug-likeness (QED) is 0.0431. The number of hydrogen-bond donors (Lipinski definition) is 5. The fourth-order valence-electron chi connectivity index (χ4n) is 14.3. The van der Waals surface area contributed by atoms with Gasteiger partial charge in [0.1, 0.15) is 18.3 Å². The van der Waals surface area contributed by atoms with E-state index in [2.05, 4.69) is 84.1 Å². The summed E-state index contributed by atoms with van der Waals surface area (Å²) < 4.78 is 40.4. The first-order chi connectivity index (χ1) is 40.0. The Morgan fingerprint density at radius 3 is 1.93 bits per heavy atom. The number of aliphatic hydroxyl groups is 5. The number of cyclic esters (lactones) is 1. The summed E-state index contributed by atoms with van der Waals surface area (Å²) in [5.41, 5.74) is -0.280. The van der Waals surface area contributed by atoms with Crippen LogP contribution in [0, 0.1) is 45.4 Å². The molecular weight excluding hydrogens is 1140 g/mol. The molecule has 6 rings (SSSR count). The van der Waals surface area contributed by atoms with E-state index in [9.17, 15) is 35.1 Å². The number of methoxy groups -OCH3 is 1. The summed E-state index contributed by atoms with van der Waals surface area (Å²) >= 11 is 8.70. The van der Waals surface area contributed by atoms with Crippen molar-refractivity contribution in [2.45, 2.75) is 271 Å². The number of ether oxygens (including phenoxy) is 6. The first-order valence-corrected chi connectivity index (χ1v) is 35.1. The Balaban J connectivity index is 1.29. The number of aryl methyl sites for hydroxylation is 4. The number of aromatic nitrogens is 2. The molecule has 0 unspecified atom stereocenters. The zero-order valence-corrected chi connectivity index (χ0v) is 57.1. The number of rotatable bonds is 19. The summed E-state index contributed by atoms with van der Waals surface area (Å²) in [7, 11) is 5.25. The summed E-state index contributed by atoms with van der Waals surface area (Å²) in [4.78, 5) is 33.2. The number of nitrogens with zero attached hydrogens (tertiary/aromatic N) is 4. The molecule has 17 nitrogen and oxygen atoms in total. The predicted octanol–water partition coefficient (Wildman–Crippen LogP) is 8.83. The zero-order chi connectivity index (χ0) is 64.2. The van der Waals surface area contributed by atoms with E-state index in [1.54, 1.807) is 53.4 Å². The Morgan fingerprint density at radius 2 is 1.40 bits per heavy atom. The van der Waals surface area contributed by atoms with Crippen molar-refractivity contribution in [2.24, 2.45) is 17.8 Å². The Bertz CT molecular complexity index is 2630. The maximum atomic E-state index is 14.9. The average molecular weight is 1250 g/mol. The minimum atomic E-state index is -3.67. The second-order valence-electron chi connectivity index (χ2n) is 27.7. The number of carbonyl (C=O) groups is 2. The molecular formula is C67H110ClN4O13P. The topological polar surface area (TPSA) is 215 Å². The fraction of sp³-hybridized carbons (Fsp3) is 0.746. The van der Waals surface area contributed by atoms with Gasteiger partial charge in [-0.05, 0) is 68.5 Å². The number of benzene rings is 2. The zero-order valence-electron chi connectivity index (χ0n) is 55.5. The van der Waals surface area contributed by atoms with Crippen LogP contribution in [-0.2, 0) is 38.0 Å². The molecule has 86 heavy (non-hydrogen) atoms. The number of halogens is 1. The van der Waals surface area contributed by atoms with E-state index < -0.39 is 108 Å². The third kappa shape index (κ3) is 15.8. The van der Waals surface area contributed by atoms with E-state index in [4.69, 9.17) is 44.8 Å². The van der Waals surface area contributed by atoms with Crippen LogP contribution in [-0.4, -0.2) is 181 Å². The van der Waals surface area contributed by atoms with Crippen LogP contribution >= 0.6 is 17.2 Å². The monoisotopic (exact) mass is 1240 g/mol. The van der Waals surface area contributed by atoms with Crippen molar-refractivity contribution >= 4 is 45.0 Å². The van der Waals surface area contributed by atoms with Gasteiger partial charge in [-0.3, -0.25) is 4.79 Å². The molecule has 19 heteroatoms.